The molecule has 1 aliphatic rings. The number of nitrogen functional groups attached to an aromatic ring is 1. The third-order valence-corrected chi connectivity index (χ3v) is 4.34. The topological polar surface area (TPSA) is 68.9 Å². The van der Waals surface area contributed by atoms with Gasteiger partial charge < -0.3 is 15.8 Å². The first-order valence-corrected chi connectivity index (χ1v) is 7.38. The van der Waals surface area contributed by atoms with Crippen LogP contribution in [0, 0.1) is 5.92 Å². The molecular formula is C15H22ClN2O2+. The van der Waals surface area contributed by atoms with Crippen LogP contribution < -0.4 is 11.1 Å². The van der Waals surface area contributed by atoms with Crippen molar-refractivity contribution >= 4 is 23.3 Å². The van der Waals surface area contributed by atoms with Crippen LogP contribution in [0.25, 0.3) is 0 Å². The minimum absolute atomic E-state index is 0.341. The average Bonchev–Trinajstić information content (AvgIpc) is 2.42. The first-order chi connectivity index (χ1) is 9.40. The number of piperidine rings is 1. The second kappa shape index (κ2) is 6.02. The van der Waals surface area contributed by atoms with Crippen molar-refractivity contribution in [3.05, 3.63) is 28.8 Å². The summed E-state index contributed by atoms with van der Waals surface area (Å²) in [5.41, 5.74) is 6.09. The molecule has 1 aromatic carbocycles. The van der Waals surface area contributed by atoms with Gasteiger partial charge in [0.15, 0.2) is 0 Å². The number of hydrogen-bond acceptors (Lipinski definition) is 3. The summed E-state index contributed by atoms with van der Waals surface area (Å²) in [6.07, 6.45) is 2.14. The Bertz CT molecular complexity index is 497. The number of esters is 1. The fourth-order valence-electron chi connectivity index (χ4n) is 2.66. The maximum absolute atomic E-state index is 12.2. The molecule has 5 heteroatoms. The largest absolute Gasteiger partial charge is 0.456 e. The van der Waals surface area contributed by atoms with Crippen molar-refractivity contribution in [2.24, 2.45) is 5.92 Å². The van der Waals surface area contributed by atoms with E-state index in [9.17, 15) is 4.79 Å². The van der Waals surface area contributed by atoms with Gasteiger partial charge in [-0.25, -0.2) is 4.79 Å². The Morgan fingerprint density at radius 3 is 2.65 bits per heavy atom. The highest BCUT2D eigenvalue weighted by Crippen LogP contribution is 2.29. The van der Waals surface area contributed by atoms with Crippen molar-refractivity contribution < 1.29 is 14.8 Å². The fraction of sp³-hybridized carbons (Fsp3) is 0.533. The number of halogens is 1. The molecule has 0 aliphatic carbocycles. The van der Waals surface area contributed by atoms with Crippen LogP contribution in [-0.4, -0.2) is 24.7 Å². The Hall–Kier alpha value is -1.26. The molecule has 20 heavy (non-hydrogen) atoms. The predicted octanol–water partition coefficient (Wildman–Crippen LogP) is 1.83. The van der Waals surface area contributed by atoms with Gasteiger partial charge in [-0.2, -0.15) is 0 Å². The molecule has 0 spiro atoms. The molecule has 0 saturated carbocycles. The van der Waals surface area contributed by atoms with E-state index in [0.29, 0.717) is 22.2 Å². The first kappa shape index (κ1) is 15.1. The summed E-state index contributed by atoms with van der Waals surface area (Å²) in [7, 11) is 0. The number of nitrogens with two attached hydrogens (primary N) is 2. The standard InChI is InChI=1S/C15H21ClN2O2/c1-15(2,11-5-7-18-8-6-11)20-14(19)10-3-4-13(17)12(16)9-10/h3-4,9,11,18H,5-8,17H2,1-2H3/p+1. The lowest BCUT2D eigenvalue weighted by Gasteiger charge is -2.35. The zero-order chi connectivity index (χ0) is 14.8. The first-order valence-electron chi connectivity index (χ1n) is 7.00. The molecule has 0 amide bonds. The summed E-state index contributed by atoms with van der Waals surface area (Å²) in [5, 5.41) is 2.68. The Labute approximate surface area is 124 Å². The van der Waals surface area contributed by atoms with E-state index >= 15 is 0 Å². The van der Waals surface area contributed by atoms with E-state index in [1.807, 2.05) is 13.8 Å². The molecule has 4 nitrogen and oxygen atoms in total. The average molecular weight is 298 g/mol. The van der Waals surface area contributed by atoms with E-state index in [-0.39, 0.29) is 5.97 Å². The highest BCUT2D eigenvalue weighted by Gasteiger charge is 2.35. The lowest BCUT2D eigenvalue weighted by atomic mass is 9.83. The number of anilines is 1. The molecule has 0 radical (unpaired) electrons. The van der Waals surface area contributed by atoms with Crippen molar-refractivity contribution in [3.8, 4) is 0 Å². The van der Waals surface area contributed by atoms with Crippen LogP contribution in [0.2, 0.25) is 5.02 Å². The molecule has 0 aromatic heterocycles. The third-order valence-electron chi connectivity index (χ3n) is 4.01. The van der Waals surface area contributed by atoms with E-state index in [2.05, 4.69) is 5.32 Å². The molecule has 110 valence electrons. The number of hydrogen-bond donors (Lipinski definition) is 2. The van der Waals surface area contributed by atoms with Crippen molar-refractivity contribution in [2.45, 2.75) is 32.3 Å². The number of benzene rings is 1. The Balaban J connectivity index is 2.07. The summed E-state index contributed by atoms with van der Waals surface area (Å²) in [6, 6.07) is 4.83. The Morgan fingerprint density at radius 1 is 1.40 bits per heavy atom. The van der Waals surface area contributed by atoms with Gasteiger partial charge in [0.05, 0.1) is 29.4 Å². The quantitative estimate of drug-likeness (QED) is 0.660. The second-order valence-corrected chi connectivity index (χ2v) is 6.28. The van der Waals surface area contributed by atoms with Crippen LogP contribution in [0.1, 0.15) is 37.0 Å². The predicted molar refractivity (Wildman–Crippen MR) is 79.7 cm³/mol. The van der Waals surface area contributed by atoms with Gasteiger partial charge in [0.25, 0.3) is 0 Å². The van der Waals surface area contributed by atoms with Crippen molar-refractivity contribution in [2.75, 3.05) is 18.8 Å². The molecular weight excluding hydrogens is 276 g/mol. The molecule has 1 fully saturated rings. The van der Waals surface area contributed by atoms with E-state index in [1.54, 1.807) is 18.2 Å². The monoisotopic (exact) mass is 297 g/mol. The lowest BCUT2D eigenvalue weighted by molar-refractivity contribution is -0.665. The van der Waals surface area contributed by atoms with Crippen LogP contribution in [0.5, 0.6) is 0 Å². The van der Waals surface area contributed by atoms with Crippen LogP contribution in [0.3, 0.4) is 0 Å². The van der Waals surface area contributed by atoms with E-state index in [4.69, 9.17) is 22.1 Å². The van der Waals surface area contributed by atoms with Gasteiger partial charge >= 0.3 is 5.97 Å². The Kier molecular flexibility index (Phi) is 4.55. The van der Waals surface area contributed by atoms with Gasteiger partial charge in [0.2, 0.25) is 0 Å². The smallest absolute Gasteiger partial charge is 0.338 e. The van der Waals surface area contributed by atoms with E-state index in [0.717, 1.165) is 25.9 Å². The summed E-state index contributed by atoms with van der Waals surface area (Å²) in [5.74, 6) is 0.0622. The SMILES string of the molecule is CC(C)(OC(=O)c1ccc(N)c(Cl)c1)C1CC[NH2+]CC1. The summed E-state index contributed by atoms with van der Waals surface area (Å²) in [4.78, 5) is 12.2. The molecule has 0 unspecified atom stereocenters. The maximum Gasteiger partial charge on any atom is 0.338 e. The zero-order valence-corrected chi connectivity index (χ0v) is 12.7. The van der Waals surface area contributed by atoms with Crippen LogP contribution in [0.4, 0.5) is 5.69 Å². The molecule has 0 atom stereocenters. The molecule has 1 heterocycles. The van der Waals surface area contributed by atoms with Gasteiger partial charge in [-0.3, -0.25) is 0 Å². The van der Waals surface area contributed by atoms with Crippen molar-refractivity contribution in [1.82, 2.24) is 0 Å². The van der Waals surface area contributed by atoms with Gasteiger partial charge in [0, 0.05) is 18.8 Å². The number of carbonyl (C=O) groups is 1. The van der Waals surface area contributed by atoms with Crippen molar-refractivity contribution in [1.29, 1.82) is 0 Å². The second-order valence-electron chi connectivity index (χ2n) is 5.87. The van der Waals surface area contributed by atoms with Crippen LogP contribution in [-0.2, 0) is 4.74 Å². The number of carbonyl (C=O) groups excluding carboxylic acids is 1. The van der Waals surface area contributed by atoms with Gasteiger partial charge in [-0.15, -0.1) is 0 Å². The van der Waals surface area contributed by atoms with Gasteiger partial charge in [0.1, 0.15) is 5.60 Å². The van der Waals surface area contributed by atoms with Gasteiger partial charge in [-0.1, -0.05) is 11.6 Å². The minimum Gasteiger partial charge on any atom is -0.456 e. The molecule has 2 rings (SSSR count). The van der Waals surface area contributed by atoms with Crippen molar-refractivity contribution in [3.63, 3.8) is 0 Å². The summed E-state index contributed by atoms with van der Waals surface area (Å²) in [6.45, 7) is 6.16. The summed E-state index contributed by atoms with van der Waals surface area (Å²) < 4.78 is 5.71. The normalized spacial score (nSPS) is 16.9. The van der Waals surface area contributed by atoms with E-state index < -0.39 is 5.60 Å². The molecule has 1 aromatic rings. The highest BCUT2D eigenvalue weighted by atomic mass is 35.5. The summed E-state index contributed by atoms with van der Waals surface area (Å²) >= 11 is 5.94. The maximum atomic E-state index is 12.2. The van der Waals surface area contributed by atoms with Crippen LogP contribution >= 0.6 is 11.6 Å². The third kappa shape index (κ3) is 3.44. The molecule has 4 N–H and O–H groups in total. The molecule has 1 saturated heterocycles. The number of rotatable bonds is 3. The minimum atomic E-state index is -0.459. The highest BCUT2D eigenvalue weighted by molar-refractivity contribution is 6.33. The molecule has 1 aliphatic heterocycles. The fourth-order valence-corrected chi connectivity index (χ4v) is 2.84. The number of ether oxygens (including phenoxy) is 1. The van der Waals surface area contributed by atoms with E-state index in [1.165, 1.54) is 0 Å². The Morgan fingerprint density at radius 2 is 2.05 bits per heavy atom. The lowest BCUT2D eigenvalue weighted by Crippen LogP contribution is -2.86. The van der Waals surface area contributed by atoms with Crippen LogP contribution in [0.15, 0.2) is 18.2 Å². The number of quaternary nitrogens is 1. The zero-order valence-electron chi connectivity index (χ0n) is 12.0. The molecule has 0 bridgehead atoms. The van der Waals surface area contributed by atoms with Gasteiger partial charge in [-0.05, 0) is 32.0 Å².